The van der Waals surface area contributed by atoms with E-state index in [0.29, 0.717) is 10.9 Å². The van der Waals surface area contributed by atoms with Crippen molar-refractivity contribution in [3.63, 3.8) is 0 Å². The normalized spacial score (nSPS) is 13.2. The van der Waals surface area contributed by atoms with Crippen molar-refractivity contribution in [3.05, 3.63) is 29.5 Å². The molecule has 2 aromatic rings. The van der Waals surface area contributed by atoms with Crippen LogP contribution in [0, 0.1) is 0 Å². The summed E-state index contributed by atoms with van der Waals surface area (Å²) in [7, 11) is 0. The number of H-pyrrole nitrogens is 1. The summed E-state index contributed by atoms with van der Waals surface area (Å²) in [5.41, 5.74) is 5.68. The van der Waals surface area contributed by atoms with E-state index in [0.717, 1.165) is 11.6 Å². The van der Waals surface area contributed by atoms with E-state index < -0.39 is 11.7 Å². The van der Waals surface area contributed by atoms with E-state index in [2.05, 4.69) is 4.98 Å². The molecule has 98 valence electrons. The molecule has 5 heteroatoms. The first-order valence-corrected chi connectivity index (χ1v) is 5.59. The van der Waals surface area contributed by atoms with Crippen molar-refractivity contribution in [3.8, 4) is 0 Å². The molecule has 0 amide bonds. The third-order valence-electron chi connectivity index (χ3n) is 2.97. The van der Waals surface area contributed by atoms with Crippen LogP contribution in [0.3, 0.4) is 0 Å². The lowest BCUT2D eigenvalue weighted by molar-refractivity contribution is -0.136. The summed E-state index contributed by atoms with van der Waals surface area (Å²) < 4.78 is 38.5. The fourth-order valence-electron chi connectivity index (χ4n) is 2.05. The number of nitrogen functional groups attached to an aromatic ring is 1. The van der Waals surface area contributed by atoms with Crippen molar-refractivity contribution >= 4 is 16.6 Å². The van der Waals surface area contributed by atoms with Gasteiger partial charge in [-0.05, 0) is 23.1 Å². The van der Waals surface area contributed by atoms with Crippen LogP contribution < -0.4 is 5.73 Å². The number of hydrogen-bond donors (Lipinski definition) is 2. The number of aromatic nitrogens is 1. The van der Waals surface area contributed by atoms with Crippen LogP contribution >= 0.6 is 0 Å². The molecule has 1 aromatic carbocycles. The van der Waals surface area contributed by atoms with Gasteiger partial charge in [-0.25, -0.2) is 0 Å². The van der Waals surface area contributed by atoms with Gasteiger partial charge in [0.05, 0.1) is 5.56 Å². The van der Waals surface area contributed by atoms with Crippen LogP contribution in [0.2, 0.25) is 0 Å². The smallest absolute Gasteiger partial charge is 0.398 e. The van der Waals surface area contributed by atoms with Gasteiger partial charge in [-0.2, -0.15) is 13.2 Å². The van der Waals surface area contributed by atoms with E-state index in [1.54, 1.807) is 6.20 Å². The van der Waals surface area contributed by atoms with Crippen LogP contribution in [-0.2, 0) is 11.6 Å². The first-order chi connectivity index (χ1) is 8.10. The quantitative estimate of drug-likeness (QED) is 0.685. The number of aromatic amines is 1. The molecule has 2 nitrogen and oxygen atoms in total. The second kappa shape index (κ2) is 3.67. The molecular formula is C13H15F3N2. The van der Waals surface area contributed by atoms with Crippen molar-refractivity contribution < 1.29 is 13.2 Å². The lowest BCUT2D eigenvalue weighted by Gasteiger charge is -2.18. The lowest BCUT2D eigenvalue weighted by Crippen LogP contribution is -2.12. The Labute approximate surface area is 103 Å². The minimum atomic E-state index is -4.43. The van der Waals surface area contributed by atoms with Crippen LogP contribution in [0.5, 0.6) is 0 Å². The predicted molar refractivity (Wildman–Crippen MR) is 66.4 cm³/mol. The van der Waals surface area contributed by atoms with Crippen LogP contribution in [0.15, 0.2) is 18.3 Å². The van der Waals surface area contributed by atoms with Gasteiger partial charge in [0.1, 0.15) is 0 Å². The van der Waals surface area contributed by atoms with Gasteiger partial charge >= 0.3 is 6.18 Å². The average Bonchev–Trinajstić information content (AvgIpc) is 2.56. The van der Waals surface area contributed by atoms with Crippen molar-refractivity contribution in [2.24, 2.45) is 0 Å². The van der Waals surface area contributed by atoms with Gasteiger partial charge in [-0.1, -0.05) is 20.8 Å². The van der Waals surface area contributed by atoms with Gasteiger partial charge in [-0.3, -0.25) is 0 Å². The summed E-state index contributed by atoms with van der Waals surface area (Å²) in [6.45, 7) is 5.87. The fourth-order valence-corrected chi connectivity index (χ4v) is 2.05. The largest absolute Gasteiger partial charge is 0.418 e. The molecule has 1 heterocycles. The highest BCUT2D eigenvalue weighted by molar-refractivity contribution is 5.88. The second-order valence-corrected chi connectivity index (χ2v) is 5.44. The number of benzene rings is 1. The zero-order valence-corrected chi connectivity index (χ0v) is 10.4. The Morgan fingerprint density at radius 1 is 1.06 bits per heavy atom. The van der Waals surface area contributed by atoms with E-state index in [-0.39, 0.29) is 11.1 Å². The second-order valence-electron chi connectivity index (χ2n) is 5.44. The molecule has 18 heavy (non-hydrogen) atoms. The van der Waals surface area contributed by atoms with Gasteiger partial charge in [0.25, 0.3) is 0 Å². The molecule has 1 aromatic heterocycles. The summed E-state index contributed by atoms with van der Waals surface area (Å²) in [5.74, 6) is 0. The average molecular weight is 256 g/mol. The number of hydrogen-bond acceptors (Lipinski definition) is 1. The van der Waals surface area contributed by atoms with Crippen molar-refractivity contribution in [1.29, 1.82) is 0 Å². The highest BCUT2D eigenvalue weighted by Gasteiger charge is 2.34. The first kappa shape index (κ1) is 12.8. The topological polar surface area (TPSA) is 41.8 Å². The Balaban J connectivity index is 2.75. The molecule has 0 unspecified atom stereocenters. The van der Waals surface area contributed by atoms with Crippen molar-refractivity contribution in [2.75, 3.05) is 5.73 Å². The summed E-state index contributed by atoms with van der Waals surface area (Å²) in [4.78, 5) is 2.97. The maximum Gasteiger partial charge on any atom is 0.418 e. The third-order valence-corrected chi connectivity index (χ3v) is 2.97. The molecule has 0 aliphatic rings. The molecule has 0 saturated carbocycles. The van der Waals surface area contributed by atoms with Crippen LogP contribution in [0.1, 0.15) is 31.9 Å². The summed E-state index contributed by atoms with van der Waals surface area (Å²) in [6.07, 6.45) is -2.69. The van der Waals surface area contributed by atoms with Gasteiger partial charge in [0.15, 0.2) is 0 Å². The number of fused-ring (bicyclic) bond motifs is 1. The predicted octanol–water partition coefficient (Wildman–Crippen LogP) is 4.07. The highest BCUT2D eigenvalue weighted by Crippen LogP contribution is 2.38. The maximum absolute atomic E-state index is 12.8. The molecule has 0 spiro atoms. The van der Waals surface area contributed by atoms with E-state index >= 15 is 0 Å². The standard InChI is InChI=1S/C13H15F3N2/c1-12(2,3)9-6-18-11-5-10(17)8(4-7(9)11)13(14,15)16/h4-6,18H,17H2,1-3H3. The molecule has 0 radical (unpaired) electrons. The Hall–Kier alpha value is -1.65. The van der Waals surface area contributed by atoms with E-state index in [1.165, 1.54) is 6.07 Å². The van der Waals surface area contributed by atoms with Gasteiger partial charge in [0, 0.05) is 22.8 Å². The first-order valence-electron chi connectivity index (χ1n) is 5.59. The zero-order valence-electron chi connectivity index (χ0n) is 10.4. The molecule has 0 atom stereocenters. The molecule has 2 rings (SSSR count). The van der Waals surface area contributed by atoms with E-state index in [9.17, 15) is 13.2 Å². The number of nitrogens with one attached hydrogen (secondary N) is 1. The molecule has 0 aliphatic carbocycles. The number of anilines is 1. The Bertz CT molecular complexity index is 589. The van der Waals surface area contributed by atoms with Crippen LogP contribution in [0.25, 0.3) is 10.9 Å². The number of halogens is 3. The molecule has 3 N–H and O–H groups in total. The number of nitrogens with two attached hydrogens (primary N) is 1. The van der Waals surface area contributed by atoms with Gasteiger partial charge < -0.3 is 10.7 Å². The number of rotatable bonds is 0. The minimum absolute atomic E-state index is 0.225. The monoisotopic (exact) mass is 256 g/mol. The summed E-state index contributed by atoms with van der Waals surface area (Å²) >= 11 is 0. The highest BCUT2D eigenvalue weighted by atomic mass is 19.4. The number of alkyl halides is 3. The molecular weight excluding hydrogens is 241 g/mol. The Kier molecular flexibility index (Phi) is 2.61. The molecule has 0 bridgehead atoms. The Morgan fingerprint density at radius 2 is 1.67 bits per heavy atom. The van der Waals surface area contributed by atoms with Crippen molar-refractivity contribution in [1.82, 2.24) is 4.98 Å². The molecule has 0 saturated heterocycles. The SMILES string of the molecule is CC(C)(C)c1c[nH]c2cc(N)c(C(F)(F)F)cc12. The van der Waals surface area contributed by atoms with Gasteiger partial charge in [-0.15, -0.1) is 0 Å². The summed E-state index contributed by atoms with van der Waals surface area (Å²) in [5, 5.41) is 0.573. The van der Waals surface area contributed by atoms with E-state index in [1.807, 2.05) is 20.8 Å². The maximum atomic E-state index is 12.8. The third kappa shape index (κ3) is 2.05. The fraction of sp³-hybridized carbons (Fsp3) is 0.385. The Morgan fingerprint density at radius 3 is 2.17 bits per heavy atom. The molecule has 0 fully saturated rings. The van der Waals surface area contributed by atoms with Crippen LogP contribution in [-0.4, -0.2) is 4.98 Å². The van der Waals surface area contributed by atoms with Gasteiger partial charge in [0.2, 0.25) is 0 Å². The zero-order chi connectivity index (χ0) is 13.7. The minimum Gasteiger partial charge on any atom is -0.398 e. The van der Waals surface area contributed by atoms with Crippen LogP contribution in [0.4, 0.5) is 18.9 Å². The summed E-state index contributed by atoms with van der Waals surface area (Å²) in [6, 6.07) is 2.47. The van der Waals surface area contributed by atoms with Crippen molar-refractivity contribution in [2.45, 2.75) is 32.4 Å². The molecule has 0 aliphatic heterocycles. The lowest BCUT2D eigenvalue weighted by atomic mass is 9.86. The van der Waals surface area contributed by atoms with E-state index in [4.69, 9.17) is 5.73 Å².